The zero-order valence-corrected chi connectivity index (χ0v) is 12.8. The molecule has 114 valence electrons. The van der Waals surface area contributed by atoms with Gasteiger partial charge in [0.2, 0.25) is 0 Å². The topological polar surface area (TPSA) is 32.3 Å². The van der Waals surface area contributed by atoms with Gasteiger partial charge in [0.1, 0.15) is 5.82 Å². The molecule has 0 radical (unpaired) electrons. The number of urea groups is 1. The summed E-state index contributed by atoms with van der Waals surface area (Å²) in [5.41, 5.74) is 4.75. The van der Waals surface area contributed by atoms with Crippen LogP contribution in [0.4, 0.5) is 14.9 Å². The number of anilines is 1. The standard InChI is InChI=1S/C18H19FN2O/c1-12-3-5-14-7-8-21(11-15(14)9-12)18(22)20-16-6-4-13(2)17(19)10-16/h3-6,9-10H,7-8,11H2,1-2H3,(H,20,22). The molecule has 4 heteroatoms. The number of amides is 2. The van der Waals surface area contributed by atoms with Crippen LogP contribution in [0, 0.1) is 19.7 Å². The fourth-order valence-electron chi connectivity index (χ4n) is 2.73. The van der Waals surface area contributed by atoms with Crippen LogP contribution in [0.25, 0.3) is 0 Å². The third-order valence-corrected chi connectivity index (χ3v) is 4.08. The first-order chi connectivity index (χ1) is 10.5. The van der Waals surface area contributed by atoms with Crippen LogP contribution in [0.5, 0.6) is 0 Å². The number of benzene rings is 2. The quantitative estimate of drug-likeness (QED) is 0.847. The van der Waals surface area contributed by atoms with Gasteiger partial charge >= 0.3 is 6.03 Å². The number of nitrogens with zero attached hydrogens (tertiary/aromatic N) is 1. The Morgan fingerprint density at radius 1 is 1.14 bits per heavy atom. The van der Waals surface area contributed by atoms with Crippen molar-refractivity contribution in [2.24, 2.45) is 0 Å². The molecule has 0 saturated carbocycles. The molecule has 0 unspecified atom stereocenters. The van der Waals surface area contributed by atoms with Crippen molar-refractivity contribution in [2.75, 3.05) is 11.9 Å². The van der Waals surface area contributed by atoms with E-state index in [0.717, 1.165) is 6.42 Å². The lowest BCUT2D eigenvalue weighted by Crippen LogP contribution is -2.38. The molecule has 0 saturated heterocycles. The average molecular weight is 298 g/mol. The normalized spacial score (nSPS) is 13.7. The molecule has 0 spiro atoms. The lowest BCUT2D eigenvalue weighted by atomic mass is 9.98. The number of aryl methyl sites for hydroxylation is 2. The lowest BCUT2D eigenvalue weighted by molar-refractivity contribution is 0.206. The Morgan fingerprint density at radius 3 is 2.73 bits per heavy atom. The summed E-state index contributed by atoms with van der Waals surface area (Å²) in [5.74, 6) is -0.308. The van der Waals surface area contributed by atoms with Gasteiger partial charge in [-0.2, -0.15) is 0 Å². The van der Waals surface area contributed by atoms with E-state index in [-0.39, 0.29) is 11.8 Å². The molecule has 3 rings (SSSR count). The summed E-state index contributed by atoms with van der Waals surface area (Å²) in [4.78, 5) is 14.1. The Kier molecular flexibility index (Phi) is 3.84. The molecule has 2 aromatic carbocycles. The molecule has 0 atom stereocenters. The second-order valence-corrected chi connectivity index (χ2v) is 5.84. The molecule has 0 aromatic heterocycles. The highest BCUT2D eigenvalue weighted by Crippen LogP contribution is 2.21. The first-order valence-electron chi connectivity index (χ1n) is 7.43. The maximum Gasteiger partial charge on any atom is 0.322 e. The monoisotopic (exact) mass is 298 g/mol. The maximum absolute atomic E-state index is 13.5. The minimum Gasteiger partial charge on any atom is -0.320 e. The van der Waals surface area contributed by atoms with E-state index in [1.165, 1.54) is 22.8 Å². The van der Waals surface area contributed by atoms with Gasteiger partial charge < -0.3 is 10.2 Å². The fourth-order valence-corrected chi connectivity index (χ4v) is 2.73. The summed E-state index contributed by atoms with van der Waals surface area (Å²) in [6.45, 7) is 5.02. The maximum atomic E-state index is 13.5. The number of carbonyl (C=O) groups is 1. The van der Waals surface area contributed by atoms with E-state index >= 15 is 0 Å². The zero-order valence-electron chi connectivity index (χ0n) is 12.8. The minimum absolute atomic E-state index is 0.185. The van der Waals surface area contributed by atoms with Gasteiger partial charge in [-0.25, -0.2) is 9.18 Å². The molecule has 0 fully saturated rings. The third kappa shape index (κ3) is 2.96. The Bertz CT molecular complexity index is 727. The highest BCUT2D eigenvalue weighted by Gasteiger charge is 2.20. The van der Waals surface area contributed by atoms with Crippen molar-refractivity contribution in [2.45, 2.75) is 26.8 Å². The van der Waals surface area contributed by atoms with E-state index in [2.05, 4.69) is 23.5 Å². The second kappa shape index (κ2) is 5.79. The number of carbonyl (C=O) groups excluding carboxylic acids is 1. The number of halogens is 1. The predicted molar refractivity (Wildman–Crippen MR) is 85.4 cm³/mol. The van der Waals surface area contributed by atoms with Crippen LogP contribution in [0.15, 0.2) is 36.4 Å². The Balaban J connectivity index is 1.72. The van der Waals surface area contributed by atoms with Gasteiger partial charge in [-0.3, -0.25) is 0 Å². The van der Waals surface area contributed by atoms with E-state index in [4.69, 9.17) is 0 Å². The molecule has 3 nitrogen and oxygen atoms in total. The summed E-state index contributed by atoms with van der Waals surface area (Å²) in [6, 6.07) is 10.9. The van der Waals surface area contributed by atoms with Crippen molar-refractivity contribution in [3.05, 3.63) is 64.5 Å². The van der Waals surface area contributed by atoms with E-state index in [1.54, 1.807) is 24.0 Å². The van der Waals surface area contributed by atoms with Gasteiger partial charge in [0.25, 0.3) is 0 Å². The summed E-state index contributed by atoms with van der Waals surface area (Å²) < 4.78 is 13.5. The fraction of sp³-hybridized carbons (Fsp3) is 0.278. The molecular weight excluding hydrogens is 279 g/mol. The highest BCUT2D eigenvalue weighted by atomic mass is 19.1. The van der Waals surface area contributed by atoms with Crippen LogP contribution in [0.1, 0.15) is 22.3 Å². The van der Waals surface area contributed by atoms with Crippen LogP contribution in [0.2, 0.25) is 0 Å². The Morgan fingerprint density at radius 2 is 1.95 bits per heavy atom. The van der Waals surface area contributed by atoms with Gasteiger partial charge in [-0.1, -0.05) is 29.8 Å². The number of nitrogens with one attached hydrogen (secondary N) is 1. The van der Waals surface area contributed by atoms with Gasteiger partial charge in [-0.15, -0.1) is 0 Å². The third-order valence-electron chi connectivity index (χ3n) is 4.08. The molecule has 1 aliphatic rings. The van der Waals surface area contributed by atoms with Crippen molar-refractivity contribution in [3.8, 4) is 0 Å². The molecule has 1 aliphatic heterocycles. The van der Waals surface area contributed by atoms with Crippen LogP contribution in [0.3, 0.4) is 0 Å². The van der Waals surface area contributed by atoms with E-state index in [9.17, 15) is 9.18 Å². The summed E-state index contributed by atoms with van der Waals surface area (Å²) >= 11 is 0. The highest BCUT2D eigenvalue weighted by molar-refractivity contribution is 5.89. The number of hydrogen-bond acceptors (Lipinski definition) is 1. The second-order valence-electron chi connectivity index (χ2n) is 5.84. The van der Waals surface area contributed by atoms with Crippen LogP contribution in [-0.2, 0) is 13.0 Å². The molecular formula is C18H19FN2O. The van der Waals surface area contributed by atoms with E-state index in [1.807, 2.05) is 6.92 Å². The first-order valence-corrected chi connectivity index (χ1v) is 7.43. The van der Waals surface area contributed by atoms with Crippen molar-refractivity contribution in [1.29, 1.82) is 0 Å². The first kappa shape index (κ1) is 14.6. The van der Waals surface area contributed by atoms with Crippen molar-refractivity contribution < 1.29 is 9.18 Å². The van der Waals surface area contributed by atoms with Crippen LogP contribution in [-0.4, -0.2) is 17.5 Å². The van der Waals surface area contributed by atoms with Gasteiger partial charge in [0.15, 0.2) is 0 Å². The number of fused-ring (bicyclic) bond motifs is 1. The van der Waals surface area contributed by atoms with Crippen LogP contribution < -0.4 is 5.32 Å². The van der Waals surface area contributed by atoms with Gasteiger partial charge in [0, 0.05) is 18.8 Å². The lowest BCUT2D eigenvalue weighted by Gasteiger charge is -2.29. The summed E-state index contributed by atoms with van der Waals surface area (Å²) in [6.07, 6.45) is 0.852. The summed E-state index contributed by atoms with van der Waals surface area (Å²) in [7, 11) is 0. The average Bonchev–Trinajstić information content (AvgIpc) is 2.50. The zero-order chi connectivity index (χ0) is 15.7. The number of rotatable bonds is 1. The Labute approximate surface area is 129 Å². The molecule has 2 aromatic rings. The van der Waals surface area contributed by atoms with Gasteiger partial charge in [-0.05, 0) is 49.1 Å². The molecule has 0 aliphatic carbocycles. The SMILES string of the molecule is Cc1ccc2c(c1)CN(C(=O)Nc1ccc(C)c(F)c1)CC2. The minimum atomic E-state index is -0.308. The molecule has 1 heterocycles. The molecule has 2 amide bonds. The van der Waals surface area contributed by atoms with Gasteiger partial charge in [0.05, 0.1) is 0 Å². The van der Waals surface area contributed by atoms with E-state index < -0.39 is 0 Å². The van der Waals surface area contributed by atoms with Crippen molar-refractivity contribution in [1.82, 2.24) is 4.90 Å². The summed E-state index contributed by atoms with van der Waals surface area (Å²) in [5, 5.41) is 2.77. The molecule has 1 N–H and O–H groups in total. The Hall–Kier alpha value is -2.36. The molecule has 22 heavy (non-hydrogen) atoms. The van der Waals surface area contributed by atoms with Crippen LogP contribution >= 0.6 is 0 Å². The largest absolute Gasteiger partial charge is 0.322 e. The van der Waals surface area contributed by atoms with E-state index in [0.29, 0.717) is 24.3 Å². The smallest absolute Gasteiger partial charge is 0.320 e. The molecule has 0 bridgehead atoms. The van der Waals surface area contributed by atoms with Crippen molar-refractivity contribution in [3.63, 3.8) is 0 Å². The number of hydrogen-bond donors (Lipinski definition) is 1. The van der Waals surface area contributed by atoms with Crippen molar-refractivity contribution >= 4 is 11.7 Å². The predicted octanol–water partition coefficient (Wildman–Crippen LogP) is 4.03.